The Hall–Kier alpha value is -1.23. The first kappa shape index (κ1) is 14.7. The number of aryl methyl sites for hydroxylation is 1. The molecule has 1 heterocycles. The maximum Gasteiger partial charge on any atom is 0.573 e. The van der Waals surface area contributed by atoms with Crippen molar-refractivity contribution in [3.8, 4) is 5.75 Å². The number of hydrogen-bond donors (Lipinski definition) is 0. The molecule has 0 spiro atoms. The molecule has 1 fully saturated rings. The number of likely N-dealkylation sites (N-methyl/N-ethyl adjacent to an activating group) is 1. The van der Waals surface area contributed by atoms with Crippen LogP contribution in [-0.2, 0) is 11.8 Å². The van der Waals surface area contributed by atoms with Crippen LogP contribution in [0.15, 0.2) is 18.2 Å². The number of alkyl halides is 3. The van der Waals surface area contributed by atoms with Crippen LogP contribution in [0.2, 0.25) is 0 Å². The van der Waals surface area contributed by atoms with Gasteiger partial charge in [0, 0.05) is 18.5 Å². The lowest BCUT2D eigenvalue weighted by molar-refractivity contribution is -0.274. The minimum atomic E-state index is -4.63. The Labute approximate surface area is 122 Å². The zero-order valence-corrected chi connectivity index (χ0v) is 12.3. The Morgan fingerprint density at radius 1 is 1.38 bits per heavy atom. The first-order chi connectivity index (χ1) is 9.84. The predicted octanol–water partition coefficient (Wildman–Crippen LogP) is 3.74. The molecular weight excluding hydrogens is 279 g/mol. The zero-order chi connectivity index (χ0) is 15.3. The number of fused-ring (bicyclic) bond motifs is 3. The van der Waals surface area contributed by atoms with E-state index >= 15 is 0 Å². The van der Waals surface area contributed by atoms with Crippen LogP contribution in [-0.4, -0.2) is 31.4 Å². The molecule has 1 aliphatic heterocycles. The maximum atomic E-state index is 12.5. The van der Waals surface area contributed by atoms with Gasteiger partial charge in [0.2, 0.25) is 0 Å². The monoisotopic (exact) mass is 299 g/mol. The lowest BCUT2D eigenvalue weighted by atomic mass is 9.63. The van der Waals surface area contributed by atoms with E-state index in [2.05, 4.69) is 23.6 Å². The van der Waals surface area contributed by atoms with Gasteiger partial charge in [-0.15, -0.1) is 13.2 Å². The van der Waals surface area contributed by atoms with Crippen molar-refractivity contribution < 1.29 is 17.9 Å². The summed E-state index contributed by atoms with van der Waals surface area (Å²) in [6, 6.07) is 4.87. The van der Waals surface area contributed by atoms with Crippen LogP contribution in [0.25, 0.3) is 0 Å². The Morgan fingerprint density at radius 3 is 2.81 bits per heavy atom. The molecule has 3 rings (SSSR count). The summed E-state index contributed by atoms with van der Waals surface area (Å²) in [5.74, 6) is 0.436. The summed E-state index contributed by atoms with van der Waals surface area (Å²) in [5.41, 5.74) is 2.22. The van der Waals surface area contributed by atoms with Crippen molar-refractivity contribution in [3.05, 3.63) is 29.3 Å². The Bertz CT molecular complexity index is 543. The quantitative estimate of drug-likeness (QED) is 0.825. The smallest absolute Gasteiger partial charge is 0.406 e. The summed E-state index contributed by atoms with van der Waals surface area (Å²) in [6.45, 7) is 4.08. The second-order valence-corrected chi connectivity index (χ2v) is 6.31. The van der Waals surface area contributed by atoms with Crippen LogP contribution in [0, 0.1) is 5.92 Å². The number of benzene rings is 1. The maximum absolute atomic E-state index is 12.5. The molecule has 1 unspecified atom stereocenters. The van der Waals surface area contributed by atoms with Crippen molar-refractivity contribution in [2.24, 2.45) is 5.92 Å². The van der Waals surface area contributed by atoms with Crippen molar-refractivity contribution >= 4 is 0 Å². The predicted molar refractivity (Wildman–Crippen MR) is 74.4 cm³/mol. The van der Waals surface area contributed by atoms with Crippen molar-refractivity contribution in [1.82, 2.24) is 4.90 Å². The molecule has 21 heavy (non-hydrogen) atoms. The van der Waals surface area contributed by atoms with E-state index in [-0.39, 0.29) is 11.2 Å². The average Bonchev–Trinajstić information content (AvgIpc) is 2.74. The summed E-state index contributed by atoms with van der Waals surface area (Å²) in [4.78, 5) is 2.29. The molecule has 0 saturated carbocycles. The minimum absolute atomic E-state index is 0.0205. The van der Waals surface area contributed by atoms with E-state index in [0.29, 0.717) is 5.92 Å². The highest BCUT2D eigenvalue weighted by molar-refractivity contribution is 5.44. The number of ether oxygens (including phenoxy) is 1. The molecule has 1 aromatic carbocycles. The third kappa shape index (κ3) is 2.52. The van der Waals surface area contributed by atoms with Gasteiger partial charge in [0.15, 0.2) is 0 Å². The molecular formula is C16H20F3NO. The van der Waals surface area contributed by atoms with Crippen LogP contribution < -0.4 is 4.74 Å². The number of hydrogen-bond acceptors (Lipinski definition) is 2. The Balaban J connectivity index is 2.03. The molecule has 2 nitrogen and oxygen atoms in total. The molecule has 0 radical (unpaired) electrons. The van der Waals surface area contributed by atoms with Gasteiger partial charge >= 0.3 is 6.36 Å². The summed E-state index contributed by atoms with van der Waals surface area (Å²) in [5, 5.41) is 0. The number of halogens is 3. The zero-order valence-electron chi connectivity index (χ0n) is 12.3. The van der Waals surface area contributed by atoms with Crippen LogP contribution in [0.4, 0.5) is 13.2 Å². The molecule has 2 atom stereocenters. The molecule has 5 heteroatoms. The Kier molecular flexibility index (Phi) is 3.43. The van der Waals surface area contributed by atoms with Gasteiger partial charge in [0.05, 0.1) is 0 Å². The highest BCUT2D eigenvalue weighted by Crippen LogP contribution is 2.49. The first-order valence-electron chi connectivity index (χ1n) is 7.42. The lowest BCUT2D eigenvalue weighted by Gasteiger charge is -2.40. The second kappa shape index (κ2) is 4.90. The highest BCUT2D eigenvalue weighted by Gasteiger charge is 2.48. The number of nitrogens with zero attached hydrogens (tertiary/aromatic N) is 1. The van der Waals surface area contributed by atoms with Gasteiger partial charge < -0.3 is 9.64 Å². The SMILES string of the molecule is CC[C@]12CN(C)CC1CCc1ccc(OC(F)(F)F)cc12. The van der Waals surface area contributed by atoms with Crippen LogP contribution >= 0.6 is 0 Å². The van der Waals surface area contributed by atoms with E-state index < -0.39 is 6.36 Å². The molecule has 1 aromatic rings. The van der Waals surface area contributed by atoms with Crippen LogP contribution in [0.3, 0.4) is 0 Å². The van der Waals surface area contributed by atoms with E-state index in [4.69, 9.17) is 0 Å². The van der Waals surface area contributed by atoms with Crippen molar-refractivity contribution in [2.45, 2.75) is 38.0 Å². The van der Waals surface area contributed by atoms with Crippen molar-refractivity contribution in [2.75, 3.05) is 20.1 Å². The number of rotatable bonds is 2. The van der Waals surface area contributed by atoms with E-state index in [9.17, 15) is 13.2 Å². The van der Waals surface area contributed by atoms with Gasteiger partial charge in [-0.3, -0.25) is 0 Å². The molecule has 1 saturated heterocycles. The molecule has 0 amide bonds. The number of likely N-dealkylation sites (tertiary alicyclic amines) is 1. The van der Waals surface area contributed by atoms with Gasteiger partial charge in [0.25, 0.3) is 0 Å². The van der Waals surface area contributed by atoms with Gasteiger partial charge in [-0.25, -0.2) is 0 Å². The summed E-state index contributed by atoms with van der Waals surface area (Å²) < 4.78 is 41.5. The van der Waals surface area contributed by atoms with Gasteiger partial charge in [0.1, 0.15) is 5.75 Å². The summed E-state index contributed by atoms with van der Waals surface area (Å²) in [7, 11) is 2.09. The van der Waals surface area contributed by atoms with Gasteiger partial charge in [-0.05, 0) is 55.5 Å². The highest BCUT2D eigenvalue weighted by atomic mass is 19.4. The molecule has 116 valence electrons. The molecule has 1 aliphatic carbocycles. The van der Waals surface area contributed by atoms with Gasteiger partial charge in [-0.1, -0.05) is 13.0 Å². The second-order valence-electron chi connectivity index (χ2n) is 6.31. The molecule has 0 N–H and O–H groups in total. The summed E-state index contributed by atoms with van der Waals surface area (Å²) >= 11 is 0. The van der Waals surface area contributed by atoms with Crippen molar-refractivity contribution in [1.29, 1.82) is 0 Å². The van der Waals surface area contributed by atoms with E-state index in [1.54, 1.807) is 6.07 Å². The van der Waals surface area contributed by atoms with Crippen LogP contribution in [0.5, 0.6) is 5.75 Å². The lowest BCUT2D eigenvalue weighted by Crippen LogP contribution is -2.38. The van der Waals surface area contributed by atoms with Crippen LogP contribution in [0.1, 0.15) is 30.9 Å². The van der Waals surface area contributed by atoms with E-state index in [1.807, 2.05) is 6.07 Å². The minimum Gasteiger partial charge on any atom is -0.406 e. The third-order valence-electron chi connectivity index (χ3n) is 5.11. The normalized spacial score (nSPS) is 29.1. The standard InChI is InChI=1S/C16H20F3NO/c1-3-15-10-20(2)9-12(15)6-4-11-5-7-13(8-14(11)15)21-16(17,18)19/h5,7-8,12H,3-4,6,9-10H2,1-2H3/t12?,15-/m0/s1. The van der Waals surface area contributed by atoms with Gasteiger partial charge in [-0.2, -0.15) is 0 Å². The Morgan fingerprint density at radius 2 is 2.14 bits per heavy atom. The largest absolute Gasteiger partial charge is 0.573 e. The molecule has 0 aromatic heterocycles. The molecule has 0 bridgehead atoms. The summed E-state index contributed by atoms with van der Waals surface area (Å²) in [6.07, 6.45) is -1.62. The fraction of sp³-hybridized carbons (Fsp3) is 0.625. The fourth-order valence-electron chi connectivity index (χ4n) is 4.25. The third-order valence-corrected chi connectivity index (χ3v) is 5.11. The first-order valence-corrected chi connectivity index (χ1v) is 7.42. The topological polar surface area (TPSA) is 12.5 Å². The van der Waals surface area contributed by atoms with E-state index in [0.717, 1.165) is 37.9 Å². The fourth-order valence-corrected chi connectivity index (χ4v) is 4.25. The van der Waals surface area contributed by atoms with E-state index in [1.165, 1.54) is 11.6 Å². The van der Waals surface area contributed by atoms with Crippen molar-refractivity contribution in [3.63, 3.8) is 0 Å². The molecule has 2 aliphatic rings. The average molecular weight is 299 g/mol.